The second-order valence-corrected chi connectivity index (χ2v) is 2.09. The molecule has 0 heterocycles. The van der Waals surface area contributed by atoms with E-state index in [-0.39, 0.29) is 5.82 Å². The minimum atomic E-state index is -0.273. The molecule has 1 nitrogen and oxygen atoms in total. The molecule has 0 unspecified atom stereocenters. The van der Waals surface area contributed by atoms with Crippen molar-refractivity contribution in [1.29, 1.82) is 0 Å². The molecular formula is C10H15FO. The maximum Gasteiger partial charge on any atom is 0.167 e. The second-order valence-electron chi connectivity index (χ2n) is 2.09. The molecule has 0 aliphatic rings. The van der Waals surface area contributed by atoms with E-state index < -0.39 is 0 Å². The van der Waals surface area contributed by atoms with Crippen LogP contribution in [0.25, 0.3) is 0 Å². The highest BCUT2D eigenvalue weighted by molar-refractivity contribution is 5.29. The van der Waals surface area contributed by atoms with Gasteiger partial charge in [-0.3, -0.25) is 0 Å². The summed E-state index contributed by atoms with van der Waals surface area (Å²) in [6, 6.07) is 5.07. The van der Waals surface area contributed by atoms with Gasteiger partial charge in [-0.15, -0.1) is 0 Å². The van der Waals surface area contributed by atoms with Crippen LogP contribution < -0.4 is 4.74 Å². The SMILES string of the molecule is CC.COc1cccc(C)c1F. The van der Waals surface area contributed by atoms with Gasteiger partial charge in [0.1, 0.15) is 0 Å². The molecule has 0 aliphatic carbocycles. The third kappa shape index (κ3) is 2.53. The number of methoxy groups -OCH3 is 1. The number of benzene rings is 1. The van der Waals surface area contributed by atoms with Crippen molar-refractivity contribution in [2.45, 2.75) is 20.8 Å². The van der Waals surface area contributed by atoms with Crippen molar-refractivity contribution in [1.82, 2.24) is 0 Å². The lowest BCUT2D eigenvalue weighted by Gasteiger charge is -2.01. The van der Waals surface area contributed by atoms with Gasteiger partial charge in [0, 0.05) is 0 Å². The molecule has 2 heteroatoms. The third-order valence-corrected chi connectivity index (χ3v) is 1.38. The molecule has 1 aromatic rings. The standard InChI is InChI=1S/C8H9FO.C2H6/c1-6-4-3-5-7(10-2)8(6)9;1-2/h3-5H,1-2H3;1-2H3. The molecule has 0 aromatic heterocycles. The summed E-state index contributed by atoms with van der Waals surface area (Å²) in [4.78, 5) is 0. The zero-order chi connectivity index (χ0) is 9.56. The van der Waals surface area contributed by atoms with Crippen molar-refractivity contribution in [3.8, 4) is 5.75 Å². The van der Waals surface area contributed by atoms with Gasteiger partial charge in [-0.05, 0) is 18.6 Å². The Balaban J connectivity index is 0.000000561. The molecule has 0 atom stereocenters. The number of hydrogen-bond donors (Lipinski definition) is 0. The van der Waals surface area contributed by atoms with Gasteiger partial charge in [0.25, 0.3) is 0 Å². The van der Waals surface area contributed by atoms with E-state index in [9.17, 15) is 4.39 Å². The average Bonchev–Trinajstić information content (AvgIpc) is 2.13. The van der Waals surface area contributed by atoms with E-state index in [1.165, 1.54) is 7.11 Å². The zero-order valence-electron chi connectivity index (χ0n) is 8.02. The minimum absolute atomic E-state index is 0.273. The summed E-state index contributed by atoms with van der Waals surface area (Å²) >= 11 is 0. The molecule has 0 bridgehead atoms. The summed E-state index contributed by atoms with van der Waals surface area (Å²) in [5, 5.41) is 0. The first-order chi connectivity index (χ1) is 5.75. The van der Waals surface area contributed by atoms with Crippen molar-refractivity contribution in [3.63, 3.8) is 0 Å². The van der Waals surface area contributed by atoms with Crippen LogP contribution in [-0.2, 0) is 0 Å². The van der Waals surface area contributed by atoms with Crippen LogP contribution in [0.15, 0.2) is 18.2 Å². The highest BCUT2D eigenvalue weighted by atomic mass is 19.1. The quantitative estimate of drug-likeness (QED) is 0.629. The molecule has 0 radical (unpaired) electrons. The topological polar surface area (TPSA) is 9.23 Å². The Hall–Kier alpha value is -1.05. The number of ether oxygens (including phenoxy) is 1. The lowest BCUT2D eigenvalue weighted by Crippen LogP contribution is -1.89. The fourth-order valence-electron chi connectivity index (χ4n) is 0.778. The van der Waals surface area contributed by atoms with Gasteiger partial charge in [-0.1, -0.05) is 26.0 Å². The predicted octanol–water partition coefficient (Wildman–Crippen LogP) is 3.17. The minimum Gasteiger partial charge on any atom is -0.494 e. The average molecular weight is 170 g/mol. The summed E-state index contributed by atoms with van der Waals surface area (Å²) in [5.41, 5.74) is 0.611. The van der Waals surface area contributed by atoms with Crippen LogP contribution >= 0.6 is 0 Å². The second kappa shape index (κ2) is 5.58. The maximum absolute atomic E-state index is 12.9. The van der Waals surface area contributed by atoms with Gasteiger partial charge in [-0.25, -0.2) is 4.39 Å². The van der Waals surface area contributed by atoms with Crippen LogP contribution in [0.4, 0.5) is 4.39 Å². The van der Waals surface area contributed by atoms with E-state index in [2.05, 4.69) is 0 Å². The Labute approximate surface area is 73.2 Å². The van der Waals surface area contributed by atoms with Crippen LogP contribution in [0, 0.1) is 12.7 Å². The maximum atomic E-state index is 12.9. The fraction of sp³-hybridized carbons (Fsp3) is 0.400. The summed E-state index contributed by atoms with van der Waals surface area (Å²) in [5.74, 6) is 0.0324. The summed E-state index contributed by atoms with van der Waals surface area (Å²) in [7, 11) is 1.46. The van der Waals surface area contributed by atoms with Gasteiger partial charge in [0.15, 0.2) is 11.6 Å². The first-order valence-electron chi connectivity index (χ1n) is 4.05. The molecule has 0 amide bonds. The van der Waals surface area contributed by atoms with Crippen molar-refractivity contribution in [2.24, 2.45) is 0 Å². The molecule has 68 valence electrons. The van der Waals surface area contributed by atoms with Crippen LogP contribution in [0.2, 0.25) is 0 Å². The van der Waals surface area contributed by atoms with Crippen molar-refractivity contribution < 1.29 is 9.13 Å². The smallest absolute Gasteiger partial charge is 0.167 e. The first-order valence-corrected chi connectivity index (χ1v) is 4.05. The Morgan fingerprint density at radius 1 is 1.25 bits per heavy atom. The van der Waals surface area contributed by atoms with E-state index >= 15 is 0 Å². The molecule has 0 saturated heterocycles. The number of aryl methyl sites for hydroxylation is 1. The van der Waals surface area contributed by atoms with E-state index in [1.54, 1.807) is 25.1 Å². The zero-order valence-corrected chi connectivity index (χ0v) is 8.02. The van der Waals surface area contributed by atoms with Crippen molar-refractivity contribution >= 4 is 0 Å². The largest absolute Gasteiger partial charge is 0.494 e. The molecule has 0 aliphatic heterocycles. The van der Waals surface area contributed by atoms with E-state index in [0.717, 1.165) is 0 Å². The molecule has 1 aromatic carbocycles. The lowest BCUT2D eigenvalue weighted by atomic mass is 10.2. The summed E-state index contributed by atoms with van der Waals surface area (Å²) in [6.07, 6.45) is 0. The van der Waals surface area contributed by atoms with Crippen LogP contribution in [-0.4, -0.2) is 7.11 Å². The molecule has 1 rings (SSSR count). The Morgan fingerprint density at radius 2 is 1.83 bits per heavy atom. The lowest BCUT2D eigenvalue weighted by molar-refractivity contribution is 0.385. The number of rotatable bonds is 1. The normalized spacial score (nSPS) is 8.42. The Bertz CT molecular complexity index is 233. The molecular weight excluding hydrogens is 155 g/mol. The highest BCUT2D eigenvalue weighted by Gasteiger charge is 2.02. The monoisotopic (exact) mass is 170 g/mol. The Kier molecular flexibility index (Phi) is 5.09. The van der Waals surface area contributed by atoms with Gasteiger partial charge in [0.2, 0.25) is 0 Å². The van der Waals surface area contributed by atoms with Gasteiger partial charge in [-0.2, -0.15) is 0 Å². The highest BCUT2D eigenvalue weighted by Crippen LogP contribution is 2.18. The van der Waals surface area contributed by atoms with Gasteiger partial charge in [0.05, 0.1) is 7.11 Å². The Morgan fingerprint density at radius 3 is 2.25 bits per heavy atom. The fourth-order valence-corrected chi connectivity index (χ4v) is 0.778. The number of hydrogen-bond acceptors (Lipinski definition) is 1. The number of halogens is 1. The molecule has 0 fully saturated rings. The van der Waals surface area contributed by atoms with Crippen molar-refractivity contribution in [2.75, 3.05) is 7.11 Å². The van der Waals surface area contributed by atoms with E-state index in [1.807, 2.05) is 13.8 Å². The van der Waals surface area contributed by atoms with Crippen molar-refractivity contribution in [3.05, 3.63) is 29.6 Å². The van der Waals surface area contributed by atoms with Gasteiger partial charge < -0.3 is 4.74 Å². The first kappa shape index (κ1) is 11.0. The molecule has 0 N–H and O–H groups in total. The third-order valence-electron chi connectivity index (χ3n) is 1.38. The van der Waals surface area contributed by atoms with Crippen LogP contribution in [0.1, 0.15) is 19.4 Å². The summed E-state index contributed by atoms with van der Waals surface area (Å²) < 4.78 is 17.6. The predicted molar refractivity (Wildman–Crippen MR) is 49.0 cm³/mol. The molecule has 0 saturated carbocycles. The molecule has 0 spiro atoms. The van der Waals surface area contributed by atoms with Crippen LogP contribution in [0.3, 0.4) is 0 Å². The van der Waals surface area contributed by atoms with Crippen LogP contribution in [0.5, 0.6) is 5.75 Å². The van der Waals surface area contributed by atoms with Gasteiger partial charge >= 0.3 is 0 Å². The summed E-state index contributed by atoms with van der Waals surface area (Å²) in [6.45, 7) is 5.71. The van der Waals surface area contributed by atoms with E-state index in [4.69, 9.17) is 4.74 Å². The van der Waals surface area contributed by atoms with E-state index in [0.29, 0.717) is 11.3 Å². The molecule has 12 heavy (non-hydrogen) atoms.